The largest absolute Gasteiger partial charge is 0.493 e. The van der Waals surface area contributed by atoms with Gasteiger partial charge in [0.25, 0.3) is 11.8 Å². The van der Waals surface area contributed by atoms with E-state index in [4.69, 9.17) is 4.74 Å². The van der Waals surface area contributed by atoms with Crippen LogP contribution in [0.4, 0.5) is 0 Å². The second kappa shape index (κ2) is 7.80. The van der Waals surface area contributed by atoms with E-state index in [9.17, 15) is 14.4 Å². The molecule has 0 saturated carbocycles. The lowest BCUT2D eigenvalue weighted by Crippen LogP contribution is -2.48. The lowest BCUT2D eigenvalue weighted by molar-refractivity contribution is -0.133. The molecule has 0 spiro atoms. The molecule has 7 nitrogen and oxygen atoms in total. The summed E-state index contributed by atoms with van der Waals surface area (Å²) < 4.78 is 5.58. The van der Waals surface area contributed by atoms with Crippen LogP contribution in [0.25, 0.3) is 0 Å². The highest BCUT2D eigenvalue weighted by Crippen LogP contribution is 2.27. The molecule has 3 heterocycles. The van der Waals surface area contributed by atoms with Crippen LogP contribution in [0.1, 0.15) is 40.1 Å². The maximum absolute atomic E-state index is 12.6. The third-order valence-corrected chi connectivity index (χ3v) is 5.19. The summed E-state index contributed by atoms with van der Waals surface area (Å²) in [7, 11) is 0. The fourth-order valence-corrected chi connectivity index (χ4v) is 3.72. The van der Waals surface area contributed by atoms with Gasteiger partial charge in [-0.05, 0) is 37.1 Å². The van der Waals surface area contributed by atoms with Crippen LogP contribution in [0.5, 0.6) is 5.75 Å². The van der Waals surface area contributed by atoms with E-state index in [-0.39, 0.29) is 29.5 Å². The standard InChI is InChI=1S/C21H21N3O4/c25-18(10-14-28-16-5-2-1-3-6-16)23-12-8-15(9-13-23)24-20(26)17-7-4-11-22-19(17)21(24)27/h1-7,11,15H,8-10,12-14H2. The van der Waals surface area contributed by atoms with E-state index in [1.54, 1.807) is 17.0 Å². The average Bonchev–Trinajstić information content (AvgIpc) is 2.99. The van der Waals surface area contributed by atoms with Crippen molar-refractivity contribution in [3.8, 4) is 5.75 Å². The van der Waals surface area contributed by atoms with Crippen LogP contribution in [0.15, 0.2) is 48.7 Å². The smallest absolute Gasteiger partial charge is 0.280 e. The van der Waals surface area contributed by atoms with Gasteiger partial charge in [-0.15, -0.1) is 0 Å². The van der Waals surface area contributed by atoms with Crippen LogP contribution in [0.3, 0.4) is 0 Å². The maximum atomic E-state index is 12.6. The Balaban J connectivity index is 1.28. The third kappa shape index (κ3) is 3.47. The number of likely N-dealkylation sites (tertiary alicyclic amines) is 1. The topological polar surface area (TPSA) is 79.8 Å². The van der Waals surface area contributed by atoms with Gasteiger partial charge in [0.15, 0.2) is 0 Å². The Bertz CT molecular complexity index is 857. The highest BCUT2D eigenvalue weighted by atomic mass is 16.5. The number of hydrogen-bond acceptors (Lipinski definition) is 5. The molecule has 2 aliphatic heterocycles. The van der Waals surface area contributed by atoms with Gasteiger partial charge in [-0.3, -0.25) is 24.3 Å². The van der Waals surface area contributed by atoms with Crippen molar-refractivity contribution in [3.05, 3.63) is 59.9 Å². The number of imide groups is 1. The number of nitrogens with zero attached hydrogens (tertiary/aromatic N) is 3. The molecule has 0 bridgehead atoms. The summed E-state index contributed by atoms with van der Waals surface area (Å²) in [5, 5.41) is 0. The summed E-state index contributed by atoms with van der Waals surface area (Å²) in [6.07, 6.45) is 2.98. The van der Waals surface area contributed by atoms with E-state index in [0.29, 0.717) is 44.5 Å². The minimum atomic E-state index is -0.332. The number of benzene rings is 1. The molecule has 144 valence electrons. The summed E-state index contributed by atoms with van der Waals surface area (Å²) in [5.74, 6) is 0.155. The Hall–Kier alpha value is -3.22. The first-order valence-electron chi connectivity index (χ1n) is 9.43. The molecule has 1 fully saturated rings. The zero-order valence-corrected chi connectivity index (χ0v) is 15.4. The van der Waals surface area contributed by atoms with Gasteiger partial charge in [0, 0.05) is 25.3 Å². The fraction of sp³-hybridized carbons (Fsp3) is 0.333. The quantitative estimate of drug-likeness (QED) is 0.744. The molecule has 0 radical (unpaired) electrons. The molecule has 3 amide bonds. The molecule has 7 heteroatoms. The summed E-state index contributed by atoms with van der Waals surface area (Å²) in [4.78, 5) is 44.7. The van der Waals surface area contributed by atoms with Crippen molar-refractivity contribution in [2.24, 2.45) is 0 Å². The molecule has 28 heavy (non-hydrogen) atoms. The van der Waals surface area contributed by atoms with Gasteiger partial charge >= 0.3 is 0 Å². The van der Waals surface area contributed by atoms with Crippen molar-refractivity contribution in [1.82, 2.24) is 14.8 Å². The molecule has 1 saturated heterocycles. The molecule has 2 aromatic rings. The normalized spacial score (nSPS) is 17.0. The zero-order valence-electron chi connectivity index (χ0n) is 15.4. The Labute approximate surface area is 162 Å². The number of aromatic nitrogens is 1. The number of pyridine rings is 1. The van der Waals surface area contributed by atoms with Gasteiger partial charge in [0.1, 0.15) is 11.4 Å². The number of ether oxygens (including phenoxy) is 1. The molecular formula is C21H21N3O4. The molecule has 0 N–H and O–H groups in total. The van der Waals surface area contributed by atoms with Gasteiger partial charge in [-0.2, -0.15) is 0 Å². The Morgan fingerprint density at radius 2 is 1.79 bits per heavy atom. The Morgan fingerprint density at radius 3 is 2.50 bits per heavy atom. The molecule has 0 aliphatic carbocycles. The van der Waals surface area contributed by atoms with E-state index in [0.717, 1.165) is 5.75 Å². The van der Waals surface area contributed by atoms with E-state index in [1.165, 1.54) is 11.1 Å². The van der Waals surface area contributed by atoms with Crippen molar-refractivity contribution in [3.63, 3.8) is 0 Å². The van der Waals surface area contributed by atoms with Crippen molar-refractivity contribution in [2.45, 2.75) is 25.3 Å². The van der Waals surface area contributed by atoms with Crippen LogP contribution in [-0.4, -0.2) is 58.2 Å². The van der Waals surface area contributed by atoms with Gasteiger partial charge < -0.3 is 9.64 Å². The number of para-hydroxylation sites is 1. The SMILES string of the molecule is O=C(CCOc1ccccc1)N1CCC(N2C(=O)c3cccnc3C2=O)CC1. The summed E-state index contributed by atoms with van der Waals surface area (Å²) in [6.45, 7) is 1.37. The molecule has 0 unspecified atom stereocenters. The molecule has 0 atom stereocenters. The number of amides is 3. The summed E-state index contributed by atoms with van der Waals surface area (Å²) in [6, 6.07) is 12.5. The Morgan fingerprint density at radius 1 is 1.04 bits per heavy atom. The summed E-state index contributed by atoms with van der Waals surface area (Å²) >= 11 is 0. The van der Waals surface area contributed by atoms with Crippen LogP contribution >= 0.6 is 0 Å². The van der Waals surface area contributed by atoms with Gasteiger partial charge in [0.05, 0.1) is 18.6 Å². The Kier molecular flexibility index (Phi) is 5.06. The number of piperidine rings is 1. The lowest BCUT2D eigenvalue weighted by Gasteiger charge is -2.35. The van der Waals surface area contributed by atoms with Crippen molar-refractivity contribution >= 4 is 17.7 Å². The van der Waals surface area contributed by atoms with Crippen molar-refractivity contribution in [2.75, 3.05) is 19.7 Å². The third-order valence-electron chi connectivity index (χ3n) is 5.19. The first kappa shape index (κ1) is 18.2. The van der Waals surface area contributed by atoms with Crippen LogP contribution in [-0.2, 0) is 4.79 Å². The van der Waals surface area contributed by atoms with E-state index < -0.39 is 0 Å². The average molecular weight is 379 g/mol. The first-order valence-corrected chi connectivity index (χ1v) is 9.43. The zero-order chi connectivity index (χ0) is 19.5. The molecule has 2 aliphatic rings. The maximum Gasteiger partial charge on any atom is 0.280 e. The first-order chi connectivity index (χ1) is 13.6. The molecule has 4 rings (SSSR count). The van der Waals surface area contributed by atoms with Gasteiger partial charge in [0.2, 0.25) is 5.91 Å². The van der Waals surface area contributed by atoms with Gasteiger partial charge in [-0.25, -0.2) is 0 Å². The van der Waals surface area contributed by atoms with E-state index in [1.807, 2.05) is 30.3 Å². The molecular weight excluding hydrogens is 358 g/mol. The van der Waals surface area contributed by atoms with Crippen molar-refractivity contribution in [1.29, 1.82) is 0 Å². The fourth-order valence-electron chi connectivity index (χ4n) is 3.72. The number of rotatable bonds is 5. The predicted octanol–water partition coefficient (Wildman–Crippen LogP) is 2.14. The monoisotopic (exact) mass is 379 g/mol. The number of carbonyl (C=O) groups excluding carboxylic acids is 3. The van der Waals surface area contributed by atoms with Gasteiger partial charge in [-0.1, -0.05) is 18.2 Å². The van der Waals surface area contributed by atoms with E-state index in [2.05, 4.69) is 4.98 Å². The second-order valence-electron chi connectivity index (χ2n) is 6.90. The lowest BCUT2D eigenvalue weighted by atomic mass is 10.0. The van der Waals surface area contributed by atoms with Crippen LogP contribution in [0, 0.1) is 0 Å². The number of hydrogen-bond donors (Lipinski definition) is 0. The summed E-state index contributed by atoms with van der Waals surface area (Å²) in [5.41, 5.74) is 0.591. The minimum Gasteiger partial charge on any atom is -0.493 e. The van der Waals surface area contributed by atoms with Crippen molar-refractivity contribution < 1.29 is 19.1 Å². The molecule has 1 aromatic heterocycles. The number of fused-ring (bicyclic) bond motifs is 1. The number of carbonyl (C=O) groups is 3. The minimum absolute atomic E-state index is 0.0263. The second-order valence-corrected chi connectivity index (χ2v) is 6.90. The van der Waals surface area contributed by atoms with E-state index >= 15 is 0 Å². The highest BCUT2D eigenvalue weighted by molar-refractivity contribution is 6.20. The highest BCUT2D eigenvalue weighted by Gasteiger charge is 2.42. The predicted molar refractivity (Wildman–Crippen MR) is 101 cm³/mol. The molecule has 1 aromatic carbocycles. The van der Waals surface area contributed by atoms with Crippen LogP contribution in [0.2, 0.25) is 0 Å². The van der Waals surface area contributed by atoms with Crippen LogP contribution < -0.4 is 4.74 Å².